The first kappa shape index (κ1) is 24.9. The standard InChI is InChI=1S/C13H11ClO2.C12H7Cl3O2/c1-9-2-5-11(6-3-9)16-13-7-4-10(14)8-12(13)15;13-7-1-3-11(9(15)5-7)17-12-4-2-8(14)6-10(12)16/h2-8,15H,1H3;1-6,16H. The maximum absolute atomic E-state index is 9.62. The summed E-state index contributed by atoms with van der Waals surface area (Å²) in [6, 6.07) is 21.7. The summed E-state index contributed by atoms with van der Waals surface area (Å²) in [6.07, 6.45) is 0. The lowest BCUT2D eigenvalue weighted by molar-refractivity contribution is 0.411. The van der Waals surface area contributed by atoms with Crippen LogP contribution in [0, 0.1) is 6.92 Å². The molecule has 0 heterocycles. The molecule has 0 spiro atoms. The molecule has 0 saturated carbocycles. The van der Waals surface area contributed by atoms with Crippen molar-refractivity contribution in [2.45, 2.75) is 6.92 Å². The fourth-order valence-corrected chi connectivity index (χ4v) is 3.34. The number of benzene rings is 4. The Balaban J connectivity index is 0.000000186. The number of phenols is 2. The number of hydrogen-bond acceptors (Lipinski definition) is 4. The Bertz CT molecular complexity index is 1190. The predicted molar refractivity (Wildman–Crippen MR) is 134 cm³/mol. The Morgan fingerprint density at radius 3 is 1.48 bits per heavy atom. The van der Waals surface area contributed by atoms with Crippen LogP contribution in [0.5, 0.6) is 34.5 Å². The predicted octanol–water partition coefficient (Wildman–Crippen LogP) is 9.29. The molecular weight excluding hydrogens is 506 g/mol. The van der Waals surface area contributed by atoms with E-state index in [2.05, 4.69) is 0 Å². The monoisotopic (exact) mass is 522 g/mol. The zero-order chi connectivity index (χ0) is 24.0. The summed E-state index contributed by atoms with van der Waals surface area (Å²) in [7, 11) is 0. The van der Waals surface area contributed by atoms with Crippen molar-refractivity contribution in [2.75, 3.05) is 0 Å². The molecule has 0 aliphatic rings. The molecule has 0 atom stereocenters. The molecule has 0 amide bonds. The molecule has 170 valence electrons. The molecule has 33 heavy (non-hydrogen) atoms. The Morgan fingerprint density at radius 1 is 0.545 bits per heavy atom. The van der Waals surface area contributed by atoms with E-state index >= 15 is 0 Å². The Hall–Kier alpha value is -2.76. The van der Waals surface area contributed by atoms with E-state index in [0.717, 1.165) is 5.56 Å². The van der Waals surface area contributed by atoms with Crippen LogP contribution in [0.1, 0.15) is 5.56 Å². The van der Waals surface area contributed by atoms with E-state index < -0.39 is 0 Å². The van der Waals surface area contributed by atoms with Crippen LogP contribution >= 0.6 is 46.4 Å². The van der Waals surface area contributed by atoms with Crippen molar-refractivity contribution in [1.29, 1.82) is 0 Å². The Morgan fingerprint density at radius 2 is 1.00 bits per heavy atom. The van der Waals surface area contributed by atoms with Crippen molar-refractivity contribution in [3.8, 4) is 34.5 Å². The number of aryl methyl sites for hydroxylation is 1. The van der Waals surface area contributed by atoms with Crippen molar-refractivity contribution in [3.63, 3.8) is 0 Å². The zero-order valence-electron chi connectivity index (χ0n) is 17.2. The van der Waals surface area contributed by atoms with Gasteiger partial charge >= 0.3 is 0 Å². The van der Waals surface area contributed by atoms with E-state index in [4.69, 9.17) is 55.9 Å². The maximum Gasteiger partial charge on any atom is 0.169 e. The first-order valence-electron chi connectivity index (χ1n) is 9.56. The van der Waals surface area contributed by atoms with Crippen LogP contribution in [0.25, 0.3) is 0 Å². The van der Waals surface area contributed by atoms with Crippen LogP contribution < -0.4 is 9.47 Å². The van der Waals surface area contributed by atoms with Crippen LogP contribution in [0.15, 0.2) is 78.9 Å². The quantitative estimate of drug-likeness (QED) is 0.279. The van der Waals surface area contributed by atoms with Gasteiger partial charge in [0, 0.05) is 27.2 Å². The summed E-state index contributed by atoms with van der Waals surface area (Å²) < 4.78 is 11.0. The number of ether oxygens (including phenoxy) is 2. The number of aromatic hydroxyl groups is 2. The van der Waals surface area contributed by atoms with E-state index in [9.17, 15) is 10.2 Å². The maximum atomic E-state index is 9.62. The lowest BCUT2D eigenvalue weighted by atomic mass is 10.2. The van der Waals surface area contributed by atoms with Crippen molar-refractivity contribution in [2.24, 2.45) is 0 Å². The fraction of sp³-hybridized carbons (Fsp3) is 0.0400. The molecule has 8 heteroatoms. The van der Waals surface area contributed by atoms with Crippen molar-refractivity contribution < 1.29 is 19.7 Å². The molecule has 2 N–H and O–H groups in total. The average molecular weight is 524 g/mol. The molecule has 0 unspecified atom stereocenters. The minimum absolute atomic E-state index is 0.0353. The second-order valence-electron chi connectivity index (χ2n) is 6.82. The molecule has 4 nitrogen and oxygen atoms in total. The van der Waals surface area contributed by atoms with E-state index in [1.165, 1.54) is 12.1 Å². The average Bonchev–Trinajstić information content (AvgIpc) is 2.76. The molecule has 0 radical (unpaired) electrons. The van der Waals surface area contributed by atoms with Crippen LogP contribution in [0.3, 0.4) is 0 Å². The van der Waals surface area contributed by atoms with Gasteiger partial charge in [0.1, 0.15) is 11.5 Å². The lowest BCUT2D eigenvalue weighted by Crippen LogP contribution is -1.86. The third-order valence-electron chi connectivity index (χ3n) is 4.20. The highest BCUT2D eigenvalue weighted by molar-refractivity contribution is 6.35. The van der Waals surface area contributed by atoms with Crippen LogP contribution in [0.4, 0.5) is 0 Å². The molecule has 4 aromatic carbocycles. The van der Waals surface area contributed by atoms with E-state index in [1.807, 2.05) is 31.2 Å². The van der Waals surface area contributed by atoms with Gasteiger partial charge in [-0.1, -0.05) is 64.1 Å². The zero-order valence-corrected chi connectivity index (χ0v) is 20.3. The summed E-state index contributed by atoms with van der Waals surface area (Å²) in [6.45, 7) is 2.00. The second kappa shape index (κ2) is 11.4. The smallest absolute Gasteiger partial charge is 0.169 e. The van der Waals surface area contributed by atoms with Gasteiger partial charge in [0.15, 0.2) is 23.0 Å². The number of rotatable bonds is 4. The molecule has 0 aromatic heterocycles. The minimum Gasteiger partial charge on any atom is -0.504 e. The van der Waals surface area contributed by atoms with Crippen LogP contribution in [-0.4, -0.2) is 10.2 Å². The first-order chi connectivity index (χ1) is 15.7. The first-order valence-corrected chi connectivity index (χ1v) is 11.1. The van der Waals surface area contributed by atoms with E-state index in [-0.39, 0.29) is 17.2 Å². The molecule has 4 aromatic rings. The number of halogens is 4. The van der Waals surface area contributed by atoms with Crippen molar-refractivity contribution in [1.82, 2.24) is 0 Å². The van der Waals surface area contributed by atoms with Crippen LogP contribution in [-0.2, 0) is 0 Å². The van der Waals surface area contributed by atoms with Crippen molar-refractivity contribution in [3.05, 3.63) is 105 Å². The largest absolute Gasteiger partial charge is 0.504 e. The third kappa shape index (κ3) is 7.37. The minimum atomic E-state index is -0.0523. The van der Waals surface area contributed by atoms with Gasteiger partial charge in [-0.2, -0.15) is 0 Å². The summed E-state index contributed by atoms with van der Waals surface area (Å²) in [5, 5.41) is 21.0. The van der Waals surface area contributed by atoms with Gasteiger partial charge in [-0.15, -0.1) is 0 Å². The number of hydrogen-bond donors (Lipinski definition) is 2. The highest BCUT2D eigenvalue weighted by Gasteiger charge is 2.08. The summed E-state index contributed by atoms with van der Waals surface area (Å²) in [5.41, 5.74) is 1.16. The lowest BCUT2D eigenvalue weighted by Gasteiger charge is -2.09. The van der Waals surface area contributed by atoms with Crippen LogP contribution in [0.2, 0.25) is 20.1 Å². The molecule has 0 bridgehead atoms. The topological polar surface area (TPSA) is 58.9 Å². The fourth-order valence-electron chi connectivity index (χ4n) is 2.56. The van der Waals surface area contributed by atoms with Crippen molar-refractivity contribution >= 4 is 46.4 Å². The van der Waals surface area contributed by atoms with Gasteiger partial charge in [-0.3, -0.25) is 0 Å². The Labute approximate surface area is 211 Å². The summed E-state index contributed by atoms with van der Waals surface area (Å²) in [5.74, 6) is 1.75. The van der Waals surface area contributed by atoms with Gasteiger partial charge in [-0.25, -0.2) is 0 Å². The normalized spacial score (nSPS) is 10.2. The molecule has 4 rings (SSSR count). The van der Waals surface area contributed by atoms with E-state index in [1.54, 1.807) is 42.5 Å². The van der Waals surface area contributed by atoms with Gasteiger partial charge in [0.05, 0.1) is 5.02 Å². The third-order valence-corrected chi connectivity index (χ3v) is 5.21. The summed E-state index contributed by atoms with van der Waals surface area (Å²) >= 11 is 23.1. The van der Waals surface area contributed by atoms with Gasteiger partial charge in [0.25, 0.3) is 0 Å². The molecule has 0 fully saturated rings. The highest BCUT2D eigenvalue weighted by Crippen LogP contribution is 2.37. The van der Waals surface area contributed by atoms with E-state index in [0.29, 0.717) is 37.3 Å². The number of phenolic OH excluding ortho intramolecular Hbond substituents is 2. The molecular formula is C25H18Cl4O4. The molecule has 0 aliphatic carbocycles. The molecule has 0 aliphatic heterocycles. The SMILES string of the molecule is Cc1ccc(Oc2ccc(Cl)cc2O)cc1.Oc1cc(Cl)ccc1Oc1ccc(Cl)cc1Cl. The highest BCUT2D eigenvalue weighted by atomic mass is 35.5. The summed E-state index contributed by atoms with van der Waals surface area (Å²) in [4.78, 5) is 0. The van der Waals surface area contributed by atoms with Gasteiger partial charge < -0.3 is 19.7 Å². The van der Waals surface area contributed by atoms with Gasteiger partial charge in [0.2, 0.25) is 0 Å². The molecule has 0 saturated heterocycles. The second-order valence-corrected chi connectivity index (χ2v) is 8.53. The Kier molecular flexibility index (Phi) is 8.59. The van der Waals surface area contributed by atoms with Gasteiger partial charge in [-0.05, 0) is 61.5 Å².